The first kappa shape index (κ1) is 13.5. The lowest BCUT2D eigenvalue weighted by atomic mass is 10.2. The molecule has 5 heteroatoms. The highest BCUT2D eigenvalue weighted by Crippen LogP contribution is 2.08. The number of nitrogens with one attached hydrogen (secondary N) is 1. The van der Waals surface area contributed by atoms with Crippen molar-refractivity contribution in [2.45, 2.75) is 19.4 Å². The molecule has 0 spiro atoms. The summed E-state index contributed by atoms with van der Waals surface area (Å²) < 4.78 is 0.875. The highest BCUT2D eigenvalue weighted by molar-refractivity contribution is 9.10. The molecule has 0 aliphatic carbocycles. The van der Waals surface area contributed by atoms with Crippen molar-refractivity contribution in [2.75, 3.05) is 12.0 Å². The quantitative estimate of drug-likeness (QED) is 0.909. The van der Waals surface area contributed by atoms with Gasteiger partial charge in [-0.15, -0.1) is 0 Å². The fraction of sp³-hybridized carbons (Fsp3) is 0.455. The summed E-state index contributed by atoms with van der Waals surface area (Å²) in [6.07, 6.45) is 4.60. The molecule has 1 aromatic heterocycles. The van der Waals surface area contributed by atoms with E-state index in [-0.39, 0.29) is 11.9 Å². The highest BCUT2D eigenvalue weighted by atomic mass is 79.9. The first-order valence-corrected chi connectivity index (χ1v) is 7.27. The Hall–Kier alpha value is -0.550. The Morgan fingerprint density at radius 3 is 2.88 bits per heavy atom. The fourth-order valence-electron chi connectivity index (χ4n) is 1.23. The van der Waals surface area contributed by atoms with Crippen molar-refractivity contribution in [1.29, 1.82) is 0 Å². The number of halogens is 1. The third kappa shape index (κ3) is 4.14. The van der Waals surface area contributed by atoms with E-state index >= 15 is 0 Å². The average Bonchev–Trinajstić information content (AvgIpc) is 2.29. The summed E-state index contributed by atoms with van der Waals surface area (Å²) in [6, 6.07) is 3.75. The average molecular weight is 303 g/mol. The van der Waals surface area contributed by atoms with Crippen LogP contribution >= 0.6 is 27.7 Å². The lowest BCUT2D eigenvalue weighted by Gasteiger charge is -2.15. The third-order valence-electron chi connectivity index (χ3n) is 2.16. The zero-order valence-corrected chi connectivity index (χ0v) is 11.8. The van der Waals surface area contributed by atoms with Gasteiger partial charge in [0.25, 0.3) is 5.91 Å². The molecule has 3 nitrogen and oxygen atoms in total. The van der Waals surface area contributed by atoms with E-state index < -0.39 is 0 Å². The first-order valence-electron chi connectivity index (χ1n) is 5.08. The topological polar surface area (TPSA) is 42.0 Å². The number of hydrogen-bond donors (Lipinski definition) is 1. The molecular weight excluding hydrogens is 288 g/mol. The number of carbonyl (C=O) groups is 1. The van der Waals surface area contributed by atoms with Crippen LogP contribution in [0.1, 0.15) is 23.8 Å². The summed E-state index contributed by atoms with van der Waals surface area (Å²) in [5.41, 5.74) is 0.461. The minimum atomic E-state index is -0.103. The van der Waals surface area contributed by atoms with Crippen LogP contribution < -0.4 is 5.32 Å². The Morgan fingerprint density at radius 1 is 1.62 bits per heavy atom. The van der Waals surface area contributed by atoms with Crippen LogP contribution in [0.4, 0.5) is 0 Å². The van der Waals surface area contributed by atoms with Gasteiger partial charge in [-0.25, -0.2) is 4.98 Å². The van der Waals surface area contributed by atoms with E-state index in [4.69, 9.17) is 0 Å². The SMILES string of the molecule is CCC(CSC)NC(=O)c1ccc(Br)cn1. The predicted octanol–water partition coefficient (Wildman–Crippen LogP) is 2.72. The van der Waals surface area contributed by atoms with E-state index in [9.17, 15) is 4.79 Å². The molecule has 0 saturated carbocycles. The van der Waals surface area contributed by atoms with Crippen LogP contribution in [0, 0.1) is 0 Å². The van der Waals surface area contributed by atoms with Gasteiger partial charge in [-0.3, -0.25) is 4.79 Å². The van der Waals surface area contributed by atoms with Crippen molar-refractivity contribution >= 4 is 33.6 Å². The van der Waals surface area contributed by atoms with Crippen LogP contribution in [0.25, 0.3) is 0 Å². The Balaban J connectivity index is 2.60. The Bertz CT molecular complexity index is 342. The summed E-state index contributed by atoms with van der Waals surface area (Å²) >= 11 is 5.02. The van der Waals surface area contributed by atoms with Gasteiger partial charge >= 0.3 is 0 Å². The number of amides is 1. The highest BCUT2D eigenvalue weighted by Gasteiger charge is 2.12. The molecule has 1 unspecified atom stereocenters. The first-order chi connectivity index (χ1) is 7.67. The summed E-state index contributed by atoms with van der Waals surface area (Å²) in [4.78, 5) is 15.9. The molecule has 1 heterocycles. The zero-order chi connectivity index (χ0) is 12.0. The second-order valence-corrected chi connectivity index (χ2v) is 5.22. The largest absolute Gasteiger partial charge is 0.347 e. The maximum absolute atomic E-state index is 11.8. The van der Waals surface area contributed by atoms with Crippen molar-refractivity contribution in [3.63, 3.8) is 0 Å². The summed E-state index contributed by atoms with van der Waals surface area (Å²) in [6.45, 7) is 2.07. The minimum absolute atomic E-state index is 0.103. The monoisotopic (exact) mass is 302 g/mol. The Morgan fingerprint density at radius 2 is 2.38 bits per heavy atom. The normalized spacial score (nSPS) is 12.2. The molecular formula is C11H15BrN2OS. The smallest absolute Gasteiger partial charge is 0.270 e. The van der Waals surface area contributed by atoms with Crippen LogP contribution in [0.2, 0.25) is 0 Å². The lowest BCUT2D eigenvalue weighted by Crippen LogP contribution is -2.36. The van der Waals surface area contributed by atoms with Crippen LogP contribution in [-0.2, 0) is 0 Å². The van der Waals surface area contributed by atoms with E-state index in [0.29, 0.717) is 5.69 Å². The molecule has 1 aromatic rings. The molecule has 1 amide bonds. The molecule has 0 saturated heterocycles. The standard InChI is InChI=1S/C11H15BrN2OS/c1-3-9(7-16-2)14-11(15)10-5-4-8(12)6-13-10/h4-6,9H,3,7H2,1-2H3,(H,14,15). The summed E-state index contributed by atoms with van der Waals surface area (Å²) in [7, 11) is 0. The number of nitrogens with zero attached hydrogens (tertiary/aromatic N) is 1. The molecule has 1 atom stereocenters. The molecule has 1 rings (SSSR count). The van der Waals surface area contributed by atoms with Crippen LogP contribution in [0.3, 0.4) is 0 Å². The third-order valence-corrected chi connectivity index (χ3v) is 3.36. The second-order valence-electron chi connectivity index (χ2n) is 3.40. The molecule has 0 radical (unpaired) electrons. The van der Waals surface area contributed by atoms with E-state index in [0.717, 1.165) is 16.6 Å². The number of aromatic nitrogens is 1. The van der Waals surface area contributed by atoms with Gasteiger partial charge in [0.1, 0.15) is 5.69 Å². The molecule has 0 bridgehead atoms. The van der Waals surface area contributed by atoms with Crippen molar-refractivity contribution < 1.29 is 4.79 Å². The van der Waals surface area contributed by atoms with Crippen LogP contribution in [0.15, 0.2) is 22.8 Å². The van der Waals surface area contributed by atoms with Gasteiger partial charge < -0.3 is 5.32 Å². The van der Waals surface area contributed by atoms with Crippen molar-refractivity contribution in [2.24, 2.45) is 0 Å². The molecule has 1 N–H and O–H groups in total. The summed E-state index contributed by atoms with van der Waals surface area (Å²) in [5, 5.41) is 2.97. The summed E-state index contributed by atoms with van der Waals surface area (Å²) in [5.74, 6) is 0.826. The molecule has 0 aliphatic heterocycles. The van der Waals surface area contributed by atoms with Gasteiger partial charge in [-0.05, 0) is 40.7 Å². The minimum Gasteiger partial charge on any atom is -0.347 e. The van der Waals surface area contributed by atoms with Crippen LogP contribution in [0.5, 0.6) is 0 Å². The molecule has 16 heavy (non-hydrogen) atoms. The maximum Gasteiger partial charge on any atom is 0.270 e. The Labute approximate surface area is 109 Å². The second kappa shape index (κ2) is 6.91. The van der Waals surface area contributed by atoms with Crippen molar-refractivity contribution in [1.82, 2.24) is 10.3 Å². The molecule has 0 aromatic carbocycles. The lowest BCUT2D eigenvalue weighted by molar-refractivity contribution is 0.0935. The number of carbonyl (C=O) groups excluding carboxylic acids is 1. The van der Waals surface area contributed by atoms with Gasteiger partial charge in [0.15, 0.2) is 0 Å². The number of hydrogen-bond acceptors (Lipinski definition) is 3. The molecule has 0 fully saturated rings. The van der Waals surface area contributed by atoms with E-state index in [1.165, 1.54) is 0 Å². The predicted molar refractivity (Wildman–Crippen MR) is 71.9 cm³/mol. The van der Waals surface area contributed by atoms with Crippen LogP contribution in [-0.4, -0.2) is 28.9 Å². The number of thioether (sulfide) groups is 1. The molecule has 0 aliphatic rings. The number of pyridine rings is 1. The van der Waals surface area contributed by atoms with Gasteiger partial charge in [0.2, 0.25) is 0 Å². The fourth-order valence-corrected chi connectivity index (χ4v) is 2.19. The maximum atomic E-state index is 11.8. The van der Waals surface area contributed by atoms with Crippen molar-refractivity contribution in [3.05, 3.63) is 28.5 Å². The van der Waals surface area contributed by atoms with Gasteiger partial charge in [0, 0.05) is 22.5 Å². The Kier molecular flexibility index (Phi) is 5.84. The van der Waals surface area contributed by atoms with E-state index in [2.05, 4.69) is 33.2 Å². The van der Waals surface area contributed by atoms with Gasteiger partial charge in [0.05, 0.1) is 0 Å². The van der Waals surface area contributed by atoms with Gasteiger partial charge in [-0.2, -0.15) is 11.8 Å². The zero-order valence-electron chi connectivity index (χ0n) is 9.37. The van der Waals surface area contributed by atoms with Crippen molar-refractivity contribution in [3.8, 4) is 0 Å². The van der Waals surface area contributed by atoms with E-state index in [1.807, 2.05) is 12.3 Å². The number of rotatable bonds is 5. The molecule has 88 valence electrons. The van der Waals surface area contributed by atoms with Gasteiger partial charge in [-0.1, -0.05) is 6.92 Å². The van der Waals surface area contributed by atoms with E-state index in [1.54, 1.807) is 24.0 Å².